The van der Waals surface area contributed by atoms with Gasteiger partial charge in [-0.2, -0.15) is 0 Å². The molecule has 2 heterocycles. The number of aryl methyl sites for hydroxylation is 2. The van der Waals surface area contributed by atoms with Gasteiger partial charge in [-0.3, -0.25) is 4.57 Å². The molecule has 9 nitrogen and oxygen atoms in total. The van der Waals surface area contributed by atoms with E-state index in [1.807, 2.05) is 35.9 Å². The van der Waals surface area contributed by atoms with Crippen LogP contribution in [0.3, 0.4) is 0 Å². The quantitative estimate of drug-likeness (QED) is 0.275. The molecular formula is C29H36N6NaO3S. The van der Waals surface area contributed by atoms with Gasteiger partial charge in [0.05, 0.1) is 4.90 Å². The molecule has 2 aromatic heterocycles. The van der Waals surface area contributed by atoms with Crippen molar-refractivity contribution < 1.29 is 13.2 Å². The second-order valence-electron chi connectivity index (χ2n) is 11.0. The van der Waals surface area contributed by atoms with Crippen LogP contribution in [0.15, 0.2) is 59.5 Å². The van der Waals surface area contributed by atoms with Gasteiger partial charge in [0.25, 0.3) is 10.0 Å². The minimum Gasteiger partial charge on any atom is -0.337 e. The molecule has 0 aliphatic rings. The topological polar surface area (TPSA) is 132 Å². The van der Waals surface area contributed by atoms with Crippen LogP contribution in [0.25, 0.3) is 16.9 Å². The van der Waals surface area contributed by atoms with E-state index in [1.54, 1.807) is 12.1 Å². The maximum atomic E-state index is 12.5. The summed E-state index contributed by atoms with van der Waals surface area (Å²) in [6, 6.07) is 15.4. The predicted molar refractivity (Wildman–Crippen MR) is 159 cm³/mol. The zero-order valence-electron chi connectivity index (χ0n) is 24.1. The van der Waals surface area contributed by atoms with Crippen LogP contribution >= 0.6 is 0 Å². The van der Waals surface area contributed by atoms with Crippen LogP contribution in [0.4, 0.5) is 4.79 Å². The van der Waals surface area contributed by atoms with Crippen LogP contribution in [0.1, 0.15) is 49.0 Å². The van der Waals surface area contributed by atoms with E-state index in [9.17, 15) is 13.2 Å². The summed E-state index contributed by atoms with van der Waals surface area (Å²) in [6.07, 6.45) is 1.33. The van der Waals surface area contributed by atoms with Crippen LogP contribution in [0.5, 0.6) is 0 Å². The molecule has 40 heavy (non-hydrogen) atoms. The fourth-order valence-electron chi connectivity index (χ4n) is 4.42. The van der Waals surface area contributed by atoms with Gasteiger partial charge in [0.1, 0.15) is 11.3 Å². The molecule has 0 fully saturated rings. The Bertz CT molecular complexity index is 1590. The largest absolute Gasteiger partial charge is 0.337 e. The number of carbonyl (C=O) groups is 1. The minimum atomic E-state index is -3.97. The summed E-state index contributed by atoms with van der Waals surface area (Å²) in [4.78, 5) is 22.0. The monoisotopic (exact) mass is 571 g/mol. The SMILES string of the molecule is Cc1cc(C)c2nc(CC(C)(C)C)n(-c3ccc(CCNC(=O)NS(=O)(=O)c4ccc(CN)cc4)cc3)c2n1.[Na]. The fraction of sp³-hybridized carbons (Fsp3) is 0.345. The molecule has 11 heteroatoms. The van der Waals surface area contributed by atoms with E-state index in [4.69, 9.17) is 15.7 Å². The molecule has 0 aliphatic heterocycles. The van der Waals surface area contributed by atoms with Crippen molar-refractivity contribution in [3.05, 3.63) is 82.8 Å². The zero-order valence-corrected chi connectivity index (χ0v) is 26.9. The molecule has 0 saturated heterocycles. The third kappa shape index (κ3) is 7.70. The first-order chi connectivity index (χ1) is 18.4. The summed E-state index contributed by atoms with van der Waals surface area (Å²) >= 11 is 0. The Labute approximate surface area is 258 Å². The molecule has 4 aromatic rings. The molecule has 0 atom stereocenters. The average Bonchev–Trinajstić information content (AvgIpc) is 3.20. The first-order valence-corrected chi connectivity index (χ1v) is 14.4. The maximum Gasteiger partial charge on any atom is 0.328 e. The second kappa shape index (κ2) is 12.8. The molecule has 0 unspecified atom stereocenters. The molecule has 4 N–H and O–H groups in total. The first kappa shape index (κ1) is 31.8. The van der Waals surface area contributed by atoms with Gasteiger partial charge in [0.15, 0.2) is 5.65 Å². The molecule has 0 aliphatic carbocycles. The van der Waals surface area contributed by atoms with Crippen molar-refractivity contribution in [1.82, 2.24) is 24.6 Å². The van der Waals surface area contributed by atoms with Gasteiger partial charge in [-0.05, 0) is 72.7 Å². The number of fused-ring (bicyclic) bond motifs is 1. The van der Waals surface area contributed by atoms with E-state index in [-0.39, 0.29) is 46.4 Å². The molecule has 0 bridgehead atoms. The number of nitrogens with zero attached hydrogens (tertiary/aromatic N) is 3. The fourth-order valence-corrected chi connectivity index (χ4v) is 5.35. The van der Waals surface area contributed by atoms with Crippen molar-refractivity contribution >= 4 is 56.8 Å². The first-order valence-electron chi connectivity index (χ1n) is 12.9. The van der Waals surface area contributed by atoms with E-state index in [0.717, 1.165) is 51.5 Å². The van der Waals surface area contributed by atoms with Gasteiger partial charge in [-0.15, -0.1) is 0 Å². The van der Waals surface area contributed by atoms with Gasteiger partial charge in [-0.25, -0.2) is 27.9 Å². The molecule has 2 aromatic carbocycles. The summed E-state index contributed by atoms with van der Waals surface area (Å²) in [5.74, 6) is 0.962. The van der Waals surface area contributed by atoms with Crippen molar-refractivity contribution in [2.24, 2.45) is 11.1 Å². The van der Waals surface area contributed by atoms with Crippen LogP contribution < -0.4 is 15.8 Å². The maximum absolute atomic E-state index is 12.5. The number of aromatic nitrogens is 3. The van der Waals surface area contributed by atoms with Crippen LogP contribution in [-0.2, 0) is 29.4 Å². The molecule has 207 valence electrons. The second-order valence-corrected chi connectivity index (χ2v) is 12.7. The smallest absolute Gasteiger partial charge is 0.328 e. The number of benzene rings is 2. The Hall–Kier alpha value is -2.76. The number of sulfonamides is 1. The van der Waals surface area contributed by atoms with Crippen molar-refractivity contribution in [2.45, 2.75) is 58.9 Å². The summed E-state index contributed by atoms with van der Waals surface area (Å²) in [6.45, 7) is 11.2. The molecule has 1 radical (unpaired) electrons. The van der Waals surface area contributed by atoms with Gasteiger partial charge >= 0.3 is 6.03 Å². The molecule has 0 saturated carbocycles. The molecule has 0 spiro atoms. The number of urea groups is 1. The number of imidazole rings is 1. The van der Waals surface area contributed by atoms with Gasteiger partial charge in [-0.1, -0.05) is 45.0 Å². The Morgan fingerprint density at radius 2 is 1.60 bits per heavy atom. The predicted octanol–water partition coefficient (Wildman–Crippen LogP) is 3.93. The molecule has 4 rings (SSSR count). The Morgan fingerprint density at radius 3 is 2.20 bits per heavy atom. The van der Waals surface area contributed by atoms with E-state index < -0.39 is 16.1 Å². The number of nitrogens with one attached hydrogen (secondary N) is 2. The van der Waals surface area contributed by atoms with Crippen molar-refractivity contribution in [3.8, 4) is 5.69 Å². The van der Waals surface area contributed by atoms with Crippen LogP contribution in [0, 0.1) is 19.3 Å². The standard InChI is InChI=1S/C29H36N6O3S.Na/c1-19-16-20(2)32-27-26(19)33-25(17-29(3,4)5)35(27)23-10-6-21(7-11-23)14-15-31-28(36)34-39(37,38)24-12-8-22(18-30)9-13-24;/h6-13,16H,14-15,17-18,30H2,1-5H3,(H2,31,34,36);. The third-order valence-corrected chi connectivity index (χ3v) is 7.63. The summed E-state index contributed by atoms with van der Waals surface area (Å²) < 4.78 is 29.1. The number of amides is 2. The number of rotatable bonds is 8. The van der Waals surface area contributed by atoms with Crippen LogP contribution in [-0.4, -0.2) is 65.1 Å². The number of hydrogen-bond donors (Lipinski definition) is 3. The van der Waals surface area contributed by atoms with Gasteiger partial charge in [0, 0.05) is 60.4 Å². The minimum absolute atomic E-state index is 0. The molecule has 2 amide bonds. The Kier molecular flexibility index (Phi) is 10.2. The Morgan fingerprint density at radius 1 is 0.975 bits per heavy atom. The van der Waals surface area contributed by atoms with E-state index in [1.165, 1.54) is 12.1 Å². The van der Waals surface area contributed by atoms with Gasteiger partial charge in [0.2, 0.25) is 0 Å². The van der Waals surface area contributed by atoms with Crippen LogP contribution in [0.2, 0.25) is 0 Å². The van der Waals surface area contributed by atoms with Crippen molar-refractivity contribution in [2.75, 3.05) is 6.54 Å². The summed E-state index contributed by atoms with van der Waals surface area (Å²) in [5, 5.41) is 2.62. The third-order valence-electron chi connectivity index (χ3n) is 6.28. The summed E-state index contributed by atoms with van der Waals surface area (Å²) in [5.41, 5.74) is 12.2. The average molecular weight is 572 g/mol. The molecular weight excluding hydrogens is 535 g/mol. The zero-order chi connectivity index (χ0) is 28.4. The van der Waals surface area contributed by atoms with E-state index >= 15 is 0 Å². The normalized spacial score (nSPS) is 11.8. The number of pyridine rings is 1. The number of nitrogens with two attached hydrogens (primary N) is 1. The summed E-state index contributed by atoms with van der Waals surface area (Å²) in [7, 11) is -3.97. The Balaban J connectivity index is 0.00000441. The van der Waals surface area contributed by atoms with E-state index in [0.29, 0.717) is 13.0 Å². The van der Waals surface area contributed by atoms with Crippen molar-refractivity contribution in [3.63, 3.8) is 0 Å². The number of carbonyl (C=O) groups excluding carboxylic acids is 1. The van der Waals surface area contributed by atoms with Crippen molar-refractivity contribution in [1.29, 1.82) is 0 Å². The van der Waals surface area contributed by atoms with E-state index in [2.05, 4.69) is 43.6 Å². The van der Waals surface area contributed by atoms with Gasteiger partial charge < -0.3 is 11.1 Å². The number of hydrogen-bond acceptors (Lipinski definition) is 6.